The minimum absolute atomic E-state index is 0.00725. The molecule has 0 saturated carbocycles. The van der Waals surface area contributed by atoms with Crippen LogP contribution in [-0.2, 0) is 0 Å². The van der Waals surface area contributed by atoms with Crippen molar-refractivity contribution >= 4 is 5.65 Å². The summed E-state index contributed by atoms with van der Waals surface area (Å²) < 4.78 is 1.96. The van der Waals surface area contributed by atoms with Gasteiger partial charge in [0.15, 0.2) is 11.5 Å². The fourth-order valence-corrected chi connectivity index (χ4v) is 2.76. The van der Waals surface area contributed by atoms with Crippen molar-refractivity contribution in [2.24, 2.45) is 0 Å². The minimum atomic E-state index is -0.545. The van der Waals surface area contributed by atoms with Crippen LogP contribution in [0.2, 0.25) is 0 Å². The number of fused-ring (bicyclic) bond motifs is 1. The van der Waals surface area contributed by atoms with Gasteiger partial charge in [-0.1, -0.05) is 29.8 Å². The van der Waals surface area contributed by atoms with Crippen LogP contribution in [0.4, 0.5) is 0 Å². The van der Waals surface area contributed by atoms with E-state index in [0.717, 1.165) is 28.2 Å². The Morgan fingerprint density at radius 2 is 2.00 bits per heavy atom. The van der Waals surface area contributed by atoms with Gasteiger partial charge in [0, 0.05) is 12.7 Å². The molecule has 2 unspecified atom stereocenters. The zero-order chi connectivity index (χ0) is 16.4. The van der Waals surface area contributed by atoms with E-state index in [0.29, 0.717) is 6.54 Å². The number of aryl methyl sites for hydroxylation is 2. The quantitative estimate of drug-likeness (QED) is 0.760. The van der Waals surface area contributed by atoms with Gasteiger partial charge in [0.1, 0.15) is 0 Å². The Morgan fingerprint density at radius 1 is 1.17 bits per heavy atom. The van der Waals surface area contributed by atoms with Gasteiger partial charge in [0.05, 0.1) is 12.1 Å². The van der Waals surface area contributed by atoms with Crippen LogP contribution in [0, 0.1) is 13.8 Å². The van der Waals surface area contributed by atoms with Gasteiger partial charge in [-0.15, -0.1) is 10.2 Å². The van der Waals surface area contributed by atoms with Crippen molar-refractivity contribution in [3.8, 4) is 0 Å². The Bertz CT molecular complexity index is 812. The summed E-state index contributed by atoms with van der Waals surface area (Å²) in [5, 5.41) is 22.2. The standard InChI is InChI=1S/C18H22N4O/c1-12-7-8-13(2)15(10-12)16(23)11-19-14(3)18-21-20-17-6-4-5-9-22(17)18/h4-10,14,16,19,23H,11H2,1-3H3. The van der Waals surface area contributed by atoms with Gasteiger partial charge in [-0.05, 0) is 44.0 Å². The highest BCUT2D eigenvalue weighted by Gasteiger charge is 2.16. The Balaban J connectivity index is 1.71. The monoisotopic (exact) mass is 310 g/mol. The smallest absolute Gasteiger partial charge is 0.160 e. The Morgan fingerprint density at radius 3 is 2.83 bits per heavy atom. The van der Waals surface area contributed by atoms with E-state index in [1.54, 1.807) is 0 Å². The fourth-order valence-electron chi connectivity index (χ4n) is 2.76. The lowest BCUT2D eigenvalue weighted by Crippen LogP contribution is -2.26. The third-order valence-corrected chi connectivity index (χ3v) is 4.14. The lowest BCUT2D eigenvalue weighted by Gasteiger charge is -2.18. The van der Waals surface area contributed by atoms with Crippen LogP contribution >= 0.6 is 0 Å². The molecule has 0 bridgehead atoms. The number of nitrogens with zero attached hydrogens (tertiary/aromatic N) is 3. The average Bonchev–Trinajstić information content (AvgIpc) is 2.98. The van der Waals surface area contributed by atoms with Crippen molar-refractivity contribution in [3.05, 3.63) is 65.1 Å². The van der Waals surface area contributed by atoms with E-state index in [2.05, 4.69) is 21.6 Å². The van der Waals surface area contributed by atoms with E-state index < -0.39 is 6.10 Å². The van der Waals surface area contributed by atoms with Gasteiger partial charge >= 0.3 is 0 Å². The summed E-state index contributed by atoms with van der Waals surface area (Å²) in [4.78, 5) is 0. The predicted molar refractivity (Wildman–Crippen MR) is 90.3 cm³/mol. The Labute approximate surface area is 136 Å². The van der Waals surface area contributed by atoms with E-state index in [4.69, 9.17) is 0 Å². The van der Waals surface area contributed by atoms with Crippen LogP contribution < -0.4 is 5.32 Å². The number of pyridine rings is 1. The maximum atomic E-state index is 10.5. The van der Waals surface area contributed by atoms with Gasteiger partial charge < -0.3 is 10.4 Å². The molecule has 120 valence electrons. The van der Waals surface area contributed by atoms with Gasteiger partial charge in [-0.3, -0.25) is 4.40 Å². The second-order valence-electron chi connectivity index (χ2n) is 5.99. The third-order valence-electron chi connectivity index (χ3n) is 4.14. The zero-order valence-electron chi connectivity index (χ0n) is 13.7. The molecular weight excluding hydrogens is 288 g/mol. The molecule has 23 heavy (non-hydrogen) atoms. The van der Waals surface area contributed by atoms with Crippen LogP contribution in [-0.4, -0.2) is 26.2 Å². The van der Waals surface area contributed by atoms with Crippen LogP contribution in [0.15, 0.2) is 42.6 Å². The molecule has 3 aromatic rings. The third kappa shape index (κ3) is 3.25. The second-order valence-corrected chi connectivity index (χ2v) is 5.99. The van der Waals surface area contributed by atoms with E-state index >= 15 is 0 Å². The number of aliphatic hydroxyl groups is 1. The van der Waals surface area contributed by atoms with Gasteiger partial charge in [0.2, 0.25) is 0 Å². The summed E-state index contributed by atoms with van der Waals surface area (Å²) in [6, 6.07) is 12.0. The van der Waals surface area contributed by atoms with Crippen molar-refractivity contribution < 1.29 is 5.11 Å². The molecule has 2 atom stereocenters. The minimum Gasteiger partial charge on any atom is -0.387 e. The second kappa shape index (κ2) is 6.48. The fraction of sp³-hybridized carbons (Fsp3) is 0.333. The van der Waals surface area contributed by atoms with E-state index in [1.807, 2.05) is 61.7 Å². The summed E-state index contributed by atoms with van der Waals surface area (Å²) in [6.45, 7) is 6.55. The molecule has 1 aromatic carbocycles. The summed E-state index contributed by atoms with van der Waals surface area (Å²) in [5.74, 6) is 0.841. The molecule has 0 aliphatic heterocycles. The van der Waals surface area contributed by atoms with Crippen molar-refractivity contribution in [3.63, 3.8) is 0 Å². The first-order valence-corrected chi connectivity index (χ1v) is 7.84. The predicted octanol–water partition coefficient (Wildman–Crippen LogP) is 2.73. The highest BCUT2D eigenvalue weighted by molar-refractivity contribution is 5.37. The maximum absolute atomic E-state index is 10.5. The molecule has 0 fully saturated rings. The van der Waals surface area contributed by atoms with Gasteiger partial charge in [0.25, 0.3) is 0 Å². The topological polar surface area (TPSA) is 62.5 Å². The Hall–Kier alpha value is -2.24. The molecule has 0 amide bonds. The number of benzene rings is 1. The van der Waals surface area contributed by atoms with Crippen molar-refractivity contribution in [1.82, 2.24) is 19.9 Å². The number of aliphatic hydroxyl groups excluding tert-OH is 1. The summed E-state index contributed by atoms with van der Waals surface area (Å²) in [6.07, 6.45) is 1.40. The Kier molecular flexibility index (Phi) is 4.41. The highest BCUT2D eigenvalue weighted by Crippen LogP contribution is 2.20. The first kappa shape index (κ1) is 15.6. The van der Waals surface area contributed by atoms with E-state index in [-0.39, 0.29) is 6.04 Å². The summed E-state index contributed by atoms with van der Waals surface area (Å²) in [5.41, 5.74) is 4.05. The summed E-state index contributed by atoms with van der Waals surface area (Å²) >= 11 is 0. The zero-order valence-corrected chi connectivity index (χ0v) is 13.7. The normalized spacial score (nSPS) is 14.1. The highest BCUT2D eigenvalue weighted by atomic mass is 16.3. The van der Waals surface area contributed by atoms with Crippen molar-refractivity contribution in [2.75, 3.05) is 6.54 Å². The molecule has 2 heterocycles. The largest absolute Gasteiger partial charge is 0.387 e. The number of nitrogens with one attached hydrogen (secondary N) is 1. The van der Waals surface area contributed by atoms with E-state index in [9.17, 15) is 5.11 Å². The molecule has 0 aliphatic rings. The first-order chi connectivity index (χ1) is 11.1. The number of rotatable bonds is 5. The maximum Gasteiger partial charge on any atom is 0.160 e. The van der Waals surface area contributed by atoms with Crippen molar-refractivity contribution in [2.45, 2.75) is 32.9 Å². The lowest BCUT2D eigenvalue weighted by atomic mass is 10.0. The molecule has 0 radical (unpaired) electrons. The number of aromatic nitrogens is 3. The van der Waals surface area contributed by atoms with Crippen molar-refractivity contribution in [1.29, 1.82) is 0 Å². The molecule has 0 saturated heterocycles. The first-order valence-electron chi connectivity index (χ1n) is 7.84. The van der Waals surface area contributed by atoms with Crippen LogP contribution in [0.25, 0.3) is 5.65 Å². The van der Waals surface area contributed by atoms with Crippen LogP contribution in [0.3, 0.4) is 0 Å². The molecule has 0 spiro atoms. The van der Waals surface area contributed by atoms with Crippen LogP contribution in [0.5, 0.6) is 0 Å². The molecule has 2 aromatic heterocycles. The van der Waals surface area contributed by atoms with Crippen LogP contribution in [0.1, 0.15) is 41.6 Å². The van der Waals surface area contributed by atoms with Gasteiger partial charge in [-0.2, -0.15) is 0 Å². The lowest BCUT2D eigenvalue weighted by molar-refractivity contribution is 0.169. The average molecular weight is 310 g/mol. The summed E-state index contributed by atoms with van der Waals surface area (Å²) in [7, 11) is 0. The SMILES string of the molecule is Cc1ccc(C)c(C(O)CNC(C)c2nnc3ccccn23)c1. The number of hydrogen-bond acceptors (Lipinski definition) is 4. The molecule has 5 heteroatoms. The molecule has 0 aliphatic carbocycles. The molecular formula is C18H22N4O. The number of hydrogen-bond donors (Lipinski definition) is 2. The molecule has 2 N–H and O–H groups in total. The molecule has 5 nitrogen and oxygen atoms in total. The van der Waals surface area contributed by atoms with E-state index in [1.165, 1.54) is 0 Å². The molecule has 3 rings (SSSR count). The van der Waals surface area contributed by atoms with Gasteiger partial charge in [-0.25, -0.2) is 0 Å².